The molecule has 0 radical (unpaired) electrons. The van der Waals surface area contributed by atoms with E-state index in [0.29, 0.717) is 12.8 Å². The van der Waals surface area contributed by atoms with Gasteiger partial charge in [0.05, 0.1) is 5.92 Å². The molecule has 2 aliphatic rings. The van der Waals surface area contributed by atoms with Crippen molar-refractivity contribution in [1.82, 2.24) is 0 Å². The molecule has 2 aliphatic carbocycles. The first-order valence-corrected chi connectivity index (χ1v) is 7.48. The van der Waals surface area contributed by atoms with Crippen LogP contribution in [-0.4, -0.2) is 6.18 Å². The molecule has 2 rings (SSSR count). The Hall–Kier alpha value is -0.210. The molecule has 2 saturated carbocycles. The molecule has 0 aromatic rings. The van der Waals surface area contributed by atoms with Gasteiger partial charge in [-0.1, -0.05) is 39.0 Å². The Morgan fingerprint density at radius 1 is 0.944 bits per heavy atom. The highest BCUT2D eigenvalue weighted by atomic mass is 19.4. The Labute approximate surface area is 108 Å². The van der Waals surface area contributed by atoms with Crippen LogP contribution < -0.4 is 0 Å². The summed E-state index contributed by atoms with van der Waals surface area (Å²) in [7, 11) is 0. The van der Waals surface area contributed by atoms with Gasteiger partial charge in [0, 0.05) is 0 Å². The fraction of sp³-hybridized carbons (Fsp3) is 1.00. The van der Waals surface area contributed by atoms with E-state index in [4.69, 9.17) is 0 Å². The predicted molar refractivity (Wildman–Crippen MR) is 67.3 cm³/mol. The second-order valence-corrected chi connectivity index (χ2v) is 6.74. The summed E-state index contributed by atoms with van der Waals surface area (Å²) in [5.41, 5.74) is 0.0264. The zero-order chi connectivity index (χ0) is 13.2. The number of halogens is 3. The normalized spacial score (nSPS) is 34.0. The molecule has 0 saturated heterocycles. The fourth-order valence-corrected chi connectivity index (χ4v) is 4.14. The summed E-state index contributed by atoms with van der Waals surface area (Å²) in [6.07, 6.45) is 5.48. The van der Waals surface area contributed by atoms with Crippen LogP contribution in [0.4, 0.5) is 13.2 Å². The minimum Gasteiger partial charge on any atom is -0.171 e. The highest BCUT2D eigenvalue weighted by Crippen LogP contribution is 2.51. The van der Waals surface area contributed by atoms with Gasteiger partial charge in [0.1, 0.15) is 0 Å². The first kappa shape index (κ1) is 14.2. The Kier molecular flexibility index (Phi) is 4.28. The summed E-state index contributed by atoms with van der Waals surface area (Å²) in [6.45, 7) is 1.98. The van der Waals surface area contributed by atoms with Crippen molar-refractivity contribution in [3.05, 3.63) is 0 Å². The summed E-state index contributed by atoms with van der Waals surface area (Å²) in [5, 5.41) is 0. The van der Waals surface area contributed by atoms with E-state index in [9.17, 15) is 13.2 Å². The van der Waals surface area contributed by atoms with Crippen LogP contribution in [0.15, 0.2) is 0 Å². The van der Waals surface area contributed by atoms with Crippen molar-refractivity contribution in [2.75, 3.05) is 0 Å². The lowest BCUT2D eigenvalue weighted by Gasteiger charge is -2.43. The minimum absolute atomic E-state index is 0.0264. The van der Waals surface area contributed by atoms with Gasteiger partial charge in [-0.3, -0.25) is 0 Å². The van der Waals surface area contributed by atoms with Gasteiger partial charge in [-0.05, 0) is 43.4 Å². The highest BCUT2D eigenvalue weighted by molar-refractivity contribution is 4.89. The van der Waals surface area contributed by atoms with Gasteiger partial charge >= 0.3 is 6.18 Å². The number of hydrogen-bond donors (Lipinski definition) is 0. The van der Waals surface area contributed by atoms with Crippen LogP contribution in [0.1, 0.15) is 71.1 Å². The van der Waals surface area contributed by atoms with Crippen molar-refractivity contribution in [1.29, 1.82) is 0 Å². The topological polar surface area (TPSA) is 0 Å². The second-order valence-electron chi connectivity index (χ2n) is 6.74. The van der Waals surface area contributed by atoms with E-state index >= 15 is 0 Å². The maximum absolute atomic E-state index is 13.2. The molecular formula is C15H25F3. The van der Waals surface area contributed by atoms with Crippen molar-refractivity contribution >= 4 is 0 Å². The molecule has 0 nitrogen and oxygen atoms in total. The molecule has 106 valence electrons. The highest BCUT2D eigenvalue weighted by Gasteiger charge is 2.46. The largest absolute Gasteiger partial charge is 0.391 e. The maximum Gasteiger partial charge on any atom is 0.391 e. The van der Waals surface area contributed by atoms with Crippen LogP contribution in [0.2, 0.25) is 0 Å². The average molecular weight is 262 g/mol. The van der Waals surface area contributed by atoms with Crippen LogP contribution in [0.3, 0.4) is 0 Å². The quantitative estimate of drug-likeness (QED) is 0.524. The van der Waals surface area contributed by atoms with Crippen LogP contribution >= 0.6 is 0 Å². The molecule has 1 spiro atoms. The van der Waals surface area contributed by atoms with Crippen molar-refractivity contribution in [2.24, 2.45) is 17.3 Å². The standard InChI is InChI=1S/C15H25F3/c1-12-6-5-9-14(7-3-2-4-8-14)11-13(10-12)15(16,17)18/h12-13H,2-11H2,1H3. The predicted octanol–water partition coefficient (Wildman–Crippen LogP) is 5.72. The molecule has 2 fully saturated rings. The zero-order valence-corrected chi connectivity index (χ0v) is 11.4. The molecule has 0 aromatic heterocycles. The SMILES string of the molecule is CC1CCCC2(CCCCC2)CC(C(F)(F)F)C1. The van der Waals surface area contributed by atoms with E-state index in [1.807, 2.05) is 6.92 Å². The second kappa shape index (κ2) is 5.42. The lowest BCUT2D eigenvalue weighted by atomic mass is 9.63. The molecule has 18 heavy (non-hydrogen) atoms. The Morgan fingerprint density at radius 3 is 2.17 bits per heavy atom. The third-order valence-electron chi connectivity index (χ3n) is 5.15. The van der Waals surface area contributed by atoms with Crippen molar-refractivity contribution in [2.45, 2.75) is 77.3 Å². The smallest absolute Gasteiger partial charge is 0.171 e. The first-order valence-electron chi connectivity index (χ1n) is 7.48. The molecule has 0 bridgehead atoms. The van der Waals surface area contributed by atoms with Crippen LogP contribution in [0, 0.1) is 17.3 Å². The summed E-state index contributed by atoms with van der Waals surface area (Å²) in [5.74, 6) is -0.816. The average Bonchev–Trinajstić information content (AvgIpc) is 2.26. The Bertz CT molecular complexity index is 263. The van der Waals surface area contributed by atoms with Gasteiger partial charge in [0.2, 0.25) is 0 Å². The van der Waals surface area contributed by atoms with Gasteiger partial charge in [-0.25, -0.2) is 0 Å². The van der Waals surface area contributed by atoms with E-state index in [2.05, 4.69) is 0 Å². The summed E-state index contributed by atoms with van der Waals surface area (Å²) in [4.78, 5) is 0. The number of alkyl halides is 3. The van der Waals surface area contributed by atoms with E-state index < -0.39 is 12.1 Å². The van der Waals surface area contributed by atoms with Crippen LogP contribution in [0.5, 0.6) is 0 Å². The molecule has 0 N–H and O–H groups in total. The van der Waals surface area contributed by atoms with Gasteiger partial charge in [0.15, 0.2) is 0 Å². The van der Waals surface area contributed by atoms with Gasteiger partial charge in [0.25, 0.3) is 0 Å². The third-order valence-corrected chi connectivity index (χ3v) is 5.15. The number of hydrogen-bond acceptors (Lipinski definition) is 0. The lowest BCUT2D eigenvalue weighted by Crippen LogP contribution is -2.35. The number of rotatable bonds is 0. The molecular weight excluding hydrogens is 237 g/mol. The van der Waals surface area contributed by atoms with Crippen LogP contribution in [-0.2, 0) is 0 Å². The van der Waals surface area contributed by atoms with Crippen molar-refractivity contribution < 1.29 is 13.2 Å². The van der Waals surface area contributed by atoms with E-state index in [1.54, 1.807) is 0 Å². The van der Waals surface area contributed by atoms with Gasteiger partial charge < -0.3 is 0 Å². The maximum atomic E-state index is 13.2. The molecule has 0 amide bonds. The third kappa shape index (κ3) is 3.42. The Balaban J connectivity index is 2.12. The first-order chi connectivity index (χ1) is 8.41. The molecule has 3 heteroatoms. The summed E-state index contributed by atoms with van der Waals surface area (Å²) < 4.78 is 39.5. The van der Waals surface area contributed by atoms with Gasteiger partial charge in [-0.15, -0.1) is 0 Å². The fourth-order valence-electron chi connectivity index (χ4n) is 4.14. The Morgan fingerprint density at radius 2 is 1.56 bits per heavy atom. The molecule has 0 heterocycles. The van der Waals surface area contributed by atoms with E-state index in [-0.39, 0.29) is 11.3 Å². The zero-order valence-electron chi connectivity index (χ0n) is 11.4. The van der Waals surface area contributed by atoms with E-state index in [0.717, 1.165) is 44.9 Å². The molecule has 2 unspecified atom stereocenters. The molecule has 0 aromatic carbocycles. The van der Waals surface area contributed by atoms with Crippen molar-refractivity contribution in [3.8, 4) is 0 Å². The summed E-state index contributed by atoms with van der Waals surface area (Å²) >= 11 is 0. The minimum atomic E-state index is -3.99. The lowest BCUT2D eigenvalue weighted by molar-refractivity contribution is -0.191. The van der Waals surface area contributed by atoms with Gasteiger partial charge in [-0.2, -0.15) is 13.2 Å². The monoisotopic (exact) mass is 262 g/mol. The summed E-state index contributed by atoms with van der Waals surface area (Å²) in [6, 6.07) is 0. The van der Waals surface area contributed by atoms with E-state index in [1.165, 1.54) is 6.42 Å². The molecule has 0 aliphatic heterocycles. The van der Waals surface area contributed by atoms with Crippen molar-refractivity contribution in [3.63, 3.8) is 0 Å². The molecule has 2 atom stereocenters. The van der Waals surface area contributed by atoms with Crippen LogP contribution in [0.25, 0.3) is 0 Å².